The van der Waals surface area contributed by atoms with Crippen LogP contribution in [0.4, 0.5) is 0 Å². The van der Waals surface area contributed by atoms with Crippen molar-refractivity contribution in [2.75, 3.05) is 20.3 Å². The summed E-state index contributed by atoms with van der Waals surface area (Å²) in [5, 5.41) is 0. The van der Waals surface area contributed by atoms with Gasteiger partial charge < -0.3 is 15.4 Å². The molecule has 2 N–H and O–H groups in total. The number of amides is 1. The highest BCUT2D eigenvalue weighted by atomic mass is 16.5. The number of hydrogen-bond acceptors (Lipinski definition) is 3. The predicted octanol–water partition coefficient (Wildman–Crippen LogP) is 1.63. The zero-order valence-electron chi connectivity index (χ0n) is 12.4. The van der Waals surface area contributed by atoms with E-state index in [1.54, 1.807) is 7.11 Å². The van der Waals surface area contributed by atoms with Gasteiger partial charge in [-0.25, -0.2) is 0 Å². The van der Waals surface area contributed by atoms with Gasteiger partial charge in [-0.3, -0.25) is 4.79 Å². The number of nitrogens with zero attached hydrogens (tertiary/aromatic N) is 1. The molecule has 18 heavy (non-hydrogen) atoms. The maximum Gasteiger partial charge on any atom is 0.240 e. The fourth-order valence-electron chi connectivity index (χ4n) is 2.09. The Balaban J connectivity index is 2.71. The smallest absolute Gasteiger partial charge is 0.240 e. The third kappa shape index (κ3) is 3.95. The van der Waals surface area contributed by atoms with Crippen LogP contribution in [0.1, 0.15) is 40.5 Å². The molecule has 106 valence electrons. The average molecular weight is 256 g/mol. The Hall–Kier alpha value is -0.610. The van der Waals surface area contributed by atoms with Gasteiger partial charge in [0.1, 0.15) is 0 Å². The summed E-state index contributed by atoms with van der Waals surface area (Å²) >= 11 is 0. The molecule has 0 aromatic carbocycles. The van der Waals surface area contributed by atoms with Gasteiger partial charge >= 0.3 is 0 Å². The van der Waals surface area contributed by atoms with Gasteiger partial charge in [-0.1, -0.05) is 20.8 Å². The first-order chi connectivity index (χ1) is 8.29. The molecule has 0 bridgehead atoms. The van der Waals surface area contributed by atoms with E-state index in [-0.39, 0.29) is 17.4 Å². The van der Waals surface area contributed by atoms with Crippen molar-refractivity contribution in [2.24, 2.45) is 17.1 Å². The van der Waals surface area contributed by atoms with E-state index < -0.39 is 6.04 Å². The Kier molecular flexibility index (Phi) is 5.17. The molecule has 0 spiro atoms. The summed E-state index contributed by atoms with van der Waals surface area (Å²) in [6, 6.07) is -0.170. The molecule has 1 amide bonds. The second-order valence-electron chi connectivity index (χ2n) is 6.45. The van der Waals surface area contributed by atoms with Gasteiger partial charge in [0.15, 0.2) is 0 Å². The summed E-state index contributed by atoms with van der Waals surface area (Å²) in [5.74, 6) is 0.705. The fraction of sp³-hybridized carbons (Fsp3) is 0.929. The third-order valence-corrected chi connectivity index (χ3v) is 3.81. The molecule has 0 aliphatic heterocycles. The van der Waals surface area contributed by atoms with Crippen molar-refractivity contribution in [1.29, 1.82) is 0 Å². The minimum atomic E-state index is -0.449. The number of rotatable bonds is 6. The van der Waals surface area contributed by atoms with Crippen LogP contribution in [-0.4, -0.2) is 43.2 Å². The van der Waals surface area contributed by atoms with Crippen LogP contribution in [-0.2, 0) is 9.53 Å². The molecule has 2 unspecified atom stereocenters. The summed E-state index contributed by atoms with van der Waals surface area (Å²) in [6.07, 6.45) is 2.45. The van der Waals surface area contributed by atoms with Crippen molar-refractivity contribution in [3.63, 3.8) is 0 Å². The largest absolute Gasteiger partial charge is 0.383 e. The number of carbonyl (C=O) groups excluding carboxylic acids is 1. The number of nitrogens with two attached hydrogens (primary N) is 1. The highest BCUT2D eigenvalue weighted by molar-refractivity contribution is 5.82. The first-order valence-corrected chi connectivity index (χ1v) is 6.84. The zero-order valence-corrected chi connectivity index (χ0v) is 12.4. The molecule has 0 saturated heterocycles. The van der Waals surface area contributed by atoms with Gasteiger partial charge in [0.2, 0.25) is 5.91 Å². The van der Waals surface area contributed by atoms with E-state index >= 15 is 0 Å². The summed E-state index contributed by atoms with van der Waals surface area (Å²) in [7, 11) is 1.66. The predicted molar refractivity (Wildman–Crippen MR) is 73.2 cm³/mol. The summed E-state index contributed by atoms with van der Waals surface area (Å²) in [6.45, 7) is 9.35. The van der Waals surface area contributed by atoms with E-state index in [0.717, 1.165) is 0 Å². The van der Waals surface area contributed by atoms with E-state index in [2.05, 4.69) is 6.92 Å². The second kappa shape index (κ2) is 6.02. The van der Waals surface area contributed by atoms with Gasteiger partial charge in [-0.05, 0) is 31.1 Å². The normalized spacial score (nSPS) is 19.4. The molecule has 1 aliphatic rings. The van der Waals surface area contributed by atoms with E-state index in [0.29, 0.717) is 19.1 Å². The van der Waals surface area contributed by atoms with Gasteiger partial charge in [-0.15, -0.1) is 0 Å². The summed E-state index contributed by atoms with van der Waals surface area (Å²) in [5.41, 5.74) is 5.89. The van der Waals surface area contributed by atoms with Crippen LogP contribution in [0, 0.1) is 11.3 Å². The monoisotopic (exact) mass is 256 g/mol. The van der Waals surface area contributed by atoms with Crippen molar-refractivity contribution >= 4 is 5.91 Å². The third-order valence-electron chi connectivity index (χ3n) is 3.81. The average Bonchev–Trinajstić information content (AvgIpc) is 3.10. The fourth-order valence-corrected chi connectivity index (χ4v) is 2.09. The molecule has 0 aromatic rings. The van der Waals surface area contributed by atoms with Crippen molar-refractivity contribution < 1.29 is 9.53 Å². The summed E-state index contributed by atoms with van der Waals surface area (Å²) < 4.78 is 5.10. The Morgan fingerprint density at radius 1 is 1.44 bits per heavy atom. The van der Waals surface area contributed by atoms with Gasteiger partial charge in [-0.2, -0.15) is 0 Å². The van der Waals surface area contributed by atoms with E-state index in [9.17, 15) is 4.79 Å². The van der Waals surface area contributed by atoms with Crippen molar-refractivity contribution in [3.05, 3.63) is 0 Å². The Bertz CT molecular complexity index is 282. The number of ether oxygens (including phenoxy) is 1. The Morgan fingerprint density at radius 2 is 2.00 bits per heavy atom. The highest BCUT2D eigenvalue weighted by Crippen LogP contribution is 2.35. The topological polar surface area (TPSA) is 55.6 Å². The second-order valence-corrected chi connectivity index (χ2v) is 6.45. The number of hydrogen-bond donors (Lipinski definition) is 1. The SMILES string of the molecule is COCCN(C(=O)C(N)C(C)(C)C)C(C)C1CC1. The van der Waals surface area contributed by atoms with Crippen LogP contribution < -0.4 is 5.73 Å². The van der Waals surface area contributed by atoms with E-state index in [4.69, 9.17) is 10.5 Å². The van der Waals surface area contributed by atoms with Gasteiger partial charge in [0.05, 0.1) is 12.6 Å². The zero-order chi connectivity index (χ0) is 13.9. The quantitative estimate of drug-likeness (QED) is 0.786. The van der Waals surface area contributed by atoms with Crippen LogP contribution in [0.2, 0.25) is 0 Å². The molecule has 2 atom stereocenters. The Morgan fingerprint density at radius 3 is 2.39 bits per heavy atom. The van der Waals surface area contributed by atoms with Crippen LogP contribution >= 0.6 is 0 Å². The van der Waals surface area contributed by atoms with Crippen LogP contribution in [0.25, 0.3) is 0 Å². The van der Waals surface area contributed by atoms with Gasteiger partial charge in [0.25, 0.3) is 0 Å². The molecule has 0 heterocycles. The molecule has 0 radical (unpaired) electrons. The van der Waals surface area contributed by atoms with Crippen LogP contribution in [0.3, 0.4) is 0 Å². The molecular formula is C14H28N2O2. The van der Waals surface area contributed by atoms with Gasteiger partial charge in [0, 0.05) is 19.7 Å². The van der Waals surface area contributed by atoms with E-state index in [1.165, 1.54) is 12.8 Å². The maximum atomic E-state index is 12.5. The van der Waals surface area contributed by atoms with Crippen LogP contribution in [0.5, 0.6) is 0 Å². The minimum absolute atomic E-state index is 0.0546. The first-order valence-electron chi connectivity index (χ1n) is 6.84. The van der Waals surface area contributed by atoms with Crippen molar-refractivity contribution in [1.82, 2.24) is 4.90 Å². The lowest BCUT2D eigenvalue weighted by Crippen LogP contribution is -2.54. The Labute approximate surface area is 111 Å². The maximum absolute atomic E-state index is 12.5. The minimum Gasteiger partial charge on any atom is -0.383 e. The van der Waals surface area contributed by atoms with Crippen molar-refractivity contribution in [3.8, 4) is 0 Å². The molecular weight excluding hydrogens is 228 g/mol. The van der Waals surface area contributed by atoms with Crippen LogP contribution in [0.15, 0.2) is 0 Å². The first kappa shape index (κ1) is 15.4. The molecule has 1 saturated carbocycles. The van der Waals surface area contributed by atoms with E-state index in [1.807, 2.05) is 25.7 Å². The molecule has 4 nitrogen and oxygen atoms in total. The number of carbonyl (C=O) groups is 1. The molecule has 1 fully saturated rings. The van der Waals surface area contributed by atoms with Crippen molar-refractivity contribution in [2.45, 2.75) is 52.6 Å². The lowest BCUT2D eigenvalue weighted by Gasteiger charge is -2.35. The highest BCUT2D eigenvalue weighted by Gasteiger charge is 2.38. The standard InChI is InChI=1S/C14H28N2O2/c1-10(11-6-7-11)16(8-9-18-5)13(17)12(15)14(2,3)4/h10-12H,6-9,15H2,1-5H3. The lowest BCUT2D eigenvalue weighted by atomic mass is 9.86. The number of methoxy groups -OCH3 is 1. The molecule has 4 heteroatoms. The molecule has 0 aromatic heterocycles. The molecule has 1 rings (SSSR count). The molecule has 1 aliphatic carbocycles. The summed E-state index contributed by atoms with van der Waals surface area (Å²) in [4.78, 5) is 14.4. The lowest BCUT2D eigenvalue weighted by molar-refractivity contribution is -0.138.